The third kappa shape index (κ3) is 3.12. The fraction of sp³-hybridized carbons (Fsp3) is 0.444. The fourth-order valence-electron chi connectivity index (χ4n) is 3.09. The minimum Gasteiger partial charge on any atom is -0.304 e. The summed E-state index contributed by atoms with van der Waals surface area (Å²) >= 11 is 0. The van der Waals surface area contributed by atoms with Gasteiger partial charge in [-0.15, -0.1) is 0 Å². The second-order valence-electron chi connectivity index (χ2n) is 5.95. The van der Waals surface area contributed by atoms with E-state index >= 15 is 0 Å². The number of nitrogens with zero attached hydrogens (tertiary/aromatic N) is 3. The summed E-state index contributed by atoms with van der Waals surface area (Å²) in [7, 11) is 0. The Hall–Kier alpha value is -1.94. The summed E-state index contributed by atoms with van der Waals surface area (Å²) < 4.78 is 1.43. The van der Waals surface area contributed by atoms with Crippen molar-refractivity contribution in [2.75, 3.05) is 19.6 Å². The van der Waals surface area contributed by atoms with Crippen LogP contribution < -0.4 is 5.56 Å². The molecule has 0 unspecified atom stereocenters. The lowest BCUT2D eigenvalue weighted by Crippen LogP contribution is -2.25. The molecular weight excluding hydrogens is 274 g/mol. The van der Waals surface area contributed by atoms with Crippen molar-refractivity contribution in [3.05, 3.63) is 58.5 Å². The SMILES string of the molecule is CCN(CC)C[C@H]1C[C@@H]1c1ccc(-n2ncccc2=O)cc1. The summed E-state index contributed by atoms with van der Waals surface area (Å²) in [4.78, 5) is 14.3. The highest BCUT2D eigenvalue weighted by atomic mass is 16.1. The van der Waals surface area contributed by atoms with Crippen molar-refractivity contribution in [1.29, 1.82) is 0 Å². The van der Waals surface area contributed by atoms with Crippen molar-refractivity contribution in [1.82, 2.24) is 14.7 Å². The van der Waals surface area contributed by atoms with Crippen molar-refractivity contribution in [2.45, 2.75) is 26.2 Å². The molecule has 0 aliphatic heterocycles. The number of hydrogen-bond donors (Lipinski definition) is 0. The molecule has 0 spiro atoms. The molecule has 1 fully saturated rings. The molecular formula is C18H23N3O. The van der Waals surface area contributed by atoms with E-state index < -0.39 is 0 Å². The van der Waals surface area contributed by atoms with E-state index in [1.54, 1.807) is 12.3 Å². The van der Waals surface area contributed by atoms with Gasteiger partial charge in [-0.05, 0) is 55.1 Å². The predicted octanol–water partition coefficient (Wildman–Crippen LogP) is 2.68. The zero-order valence-corrected chi connectivity index (χ0v) is 13.3. The first kappa shape index (κ1) is 15.0. The summed E-state index contributed by atoms with van der Waals surface area (Å²) in [5.74, 6) is 1.46. The molecule has 22 heavy (non-hydrogen) atoms. The van der Waals surface area contributed by atoms with E-state index in [1.165, 1.54) is 29.3 Å². The number of rotatable bonds is 6. The molecule has 0 N–H and O–H groups in total. The van der Waals surface area contributed by atoms with Crippen LogP contribution in [-0.2, 0) is 0 Å². The zero-order valence-electron chi connectivity index (χ0n) is 13.3. The van der Waals surface area contributed by atoms with E-state index in [0.29, 0.717) is 5.92 Å². The maximum absolute atomic E-state index is 11.8. The van der Waals surface area contributed by atoms with Crippen LogP contribution in [0.4, 0.5) is 0 Å². The molecule has 1 saturated carbocycles. The molecule has 3 rings (SSSR count). The minimum atomic E-state index is -0.0962. The molecule has 4 nitrogen and oxygen atoms in total. The molecule has 1 aliphatic carbocycles. The van der Waals surface area contributed by atoms with Crippen LogP contribution in [-0.4, -0.2) is 34.3 Å². The molecule has 1 aromatic carbocycles. The molecule has 4 heteroatoms. The van der Waals surface area contributed by atoms with Gasteiger partial charge in [-0.2, -0.15) is 9.78 Å². The van der Waals surface area contributed by atoms with Gasteiger partial charge in [0.15, 0.2) is 0 Å². The standard InChI is InChI=1S/C18H23N3O/c1-3-20(4-2)13-15-12-17(15)14-7-9-16(10-8-14)21-18(22)6-5-11-19-21/h5-11,15,17H,3-4,12-13H2,1-2H3/t15-,17-/m1/s1. The van der Waals surface area contributed by atoms with Gasteiger partial charge in [-0.25, -0.2) is 0 Å². The molecule has 2 atom stereocenters. The molecule has 0 amide bonds. The van der Waals surface area contributed by atoms with E-state index in [4.69, 9.17) is 0 Å². The highest BCUT2D eigenvalue weighted by molar-refractivity contribution is 5.37. The van der Waals surface area contributed by atoms with Crippen molar-refractivity contribution in [2.24, 2.45) is 5.92 Å². The van der Waals surface area contributed by atoms with Gasteiger partial charge in [-0.1, -0.05) is 26.0 Å². The largest absolute Gasteiger partial charge is 0.304 e. The van der Waals surface area contributed by atoms with Crippen molar-refractivity contribution in [3.8, 4) is 5.69 Å². The Labute approximate surface area is 131 Å². The Morgan fingerprint density at radius 1 is 1.18 bits per heavy atom. The molecule has 1 heterocycles. The average Bonchev–Trinajstić information content (AvgIpc) is 3.32. The summed E-state index contributed by atoms with van der Waals surface area (Å²) in [5, 5.41) is 4.11. The first-order valence-electron chi connectivity index (χ1n) is 8.10. The summed E-state index contributed by atoms with van der Waals surface area (Å²) in [5.41, 5.74) is 2.11. The topological polar surface area (TPSA) is 38.1 Å². The minimum absolute atomic E-state index is 0.0962. The monoisotopic (exact) mass is 297 g/mol. The van der Waals surface area contributed by atoms with E-state index in [-0.39, 0.29) is 5.56 Å². The Bertz CT molecular complexity index is 673. The third-order valence-electron chi connectivity index (χ3n) is 4.59. The number of benzene rings is 1. The van der Waals surface area contributed by atoms with Gasteiger partial charge in [0.1, 0.15) is 0 Å². The highest BCUT2D eigenvalue weighted by Crippen LogP contribution is 2.47. The summed E-state index contributed by atoms with van der Waals surface area (Å²) in [6, 6.07) is 11.5. The van der Waals surface area contributed by atoms with Gasteiger partial charge in [0.2, 0.25) is 0 Å². The first-order chi connectivity index (χ1) is 10.7. The third-order valence-corrected chi connectivity index (χ3v) is 4.59. The molecule has 0 bridgehead atoms. The van der Waals surface area contributed by atoms with Gasteiger partial charge in [0.25, 0.3) is 5.56 Å². The van der Waals surface area contributed by atoms with Gasteiger partial charge in [-0.3, -0.25) is 4.79 Å². The van der Waals surface area contributed by atoms with Gasteiger partial charge < -0.3 is 4.90 Å². The molecule has 1 aromatic heterocycles. The van der Waals surface area contributed by atoms with Gasteiger partial charge in [0, 0.05) is 18.8 Å². The quantitative estimate of drug-likeness (QED) is 0.823. The van der Waals surface area contributed by atoms with Crippen LogP contribution in [0.3, 0.4) is 0 Å². The Morgan fingerprint density at radius 3 is 2.55 bits per heavy atom. The molecule has 2 aromatic rings. The van der Waals surface area contributed by atoms with Gasteiger partial charge in [0.05, 0.1) is 5.69 Å². The van der Waals surface area contributed by atoms with E-state index in [0.717, 1.165) is 24.7 Å². The first-order valence-corrected chi connectivity index (χ1v) is 8.10. The van der Waals surface area contributed by atoms with Crippen molar-refractivity contribution >= 4 is 0 Å². The molecule has 0 saturated heterocycles. The maximum atomic E-state index is 11.8. The number of aromatic nitrogens is 2. The molecule has 0 radical (unpaired) electrons. The van der Waals surface area contributed by atoms with Crippen LogP contribution >= 0.6 is 0 Å². The summed E-state index contributed by atoms with van der Waals surface area (Å²) in [6.07, 6.45) is 2.91. The van der Waals surface area contributed by atoms with Crippen LogP contribution in [0.15, 0.2) is 47.4 Å². The van der Waals surface area contributed by atoms with Crippen LogP contribution in [0, 0.1) is 5.92 Å². The second-order valence-corrected chi connectivity index (χ2v) is 5.95. The van der Waals surface area contributed by atoms with Crippen LogP contribution in [0.25, 0.3) is 5.69 Å². The highest BCUT2D eigenvalue weighted by Gasteiger charge is 2.38. The molecule has 1 aliphatic rings. The number of hydrogen-bond acceptors (Lipinski definition) is 3. The maximum Gasteiger partial charge on any atom is 0.271 e. The zero-order chi connectivity index (χ0) is 15.5. The van der Waals surface area contributed by atoms with Crippen molar-refractivity contribution in [3.63, 3.8) is 0 Å². The normalized spacial score (nSPS) is 20.3. The smallest absolute Gasteiger partial charge is 0.271 e. The molecule has 116 valence electrons. The second kappa shape index (κ2) is 6.44. The van der Waals surface area contributed by atoms with Crippen LogP contribution in [0.1, 0.15) is 31.7 Å². The van der Waals surface area contributed by atoms with E-state index in [2.05, 4.69) is 36.0 Å². The van der Waals surface area contributed by atoms with Crippen LogP contribution in [0.2, 0.25) is 0 Å². The Morgan fingerprint density at radius 2 is 1.91 bits per heavy atom. The Kier molecular flexibility index (Phi) is 4.39. The fourth-order valence-corrected chi connectivity index (χ4v) is 3.09. The van der Waals surface area contributed by atoms with Crippen molar-refractivity contribution < 1.29 is 0 Å². The van der Waals surface area contributed by atoms with Gasteiger partial charge >= 0.3 is 0 Å². The van der Waals surface area contributed by atoms with E-state index in [1.807, 2.05) is 12.1 Å². The predicted molar refractivity (Wildman–Crippen MR) is 88.5 cm³/mol. The van der Waals surface area contributed by atoms with Crippen LogP contribution in [0.5, 0.6) is 0 Å². The average molecular weight is 297 g/mol. The lowest BCUT2D eigenvalue weighted by atomic mass is 10.1. The lowest BCUT2D eigenvalue weighted by molar-refractivity contribution is 0.289. The lowest BCUT2D eigenvalue weighted by Gasteiger charge is -2.17. The summed E-state index contributed by atoms with van der Waals surface area (Å²) in [6.45, 7) is 7.89. The Balaban J connectivity index is 1.69. The van der Waals surface area contributed by atoms with E-state index in [9.17, 15) is 4.79 Å².